The second-order valence-electron chi connectivity index (χ2n) is 5.84. The highest BCUT2D eigenvalue weighted by Crippen LogP contribution is 2.18. The molecule has 0 aliphatic carbocycles. The normalized spacial score (nSPS) is 12.0. The lowest BCUT2D eigenvalue weighted by Crippen LogP contribution is -2.87. The Balaban J connectivity index is 1.89. The number of furan rings is 1. The maximum atomic E-state index is 12.0. The van der Waals surface area contributed by atoms with E-state index in [4.69, 9.17) is 4.42 Å². The van der Waals surface area contributed by atoms with Crippen molar-refractivity contribution in [3.05, 3.63) is 60.1 Å². The van der Waals surface area contributed by atoms with Gasteiger partial charge in [0.15, 0.2) is 18.3 Å². The van der Waals surface area contributed by atoms with Gasteiger partial charge in [-0.15, -0.1) is 0 Å². The van der Waals surface area contributed by atoms with Crippen LogP contribution in [0.25, 0.3) is 0 Å². The van der Waals surface area contributed by atoms with Gasteiger partial charge in [-0.2, -0.15) is 0 Å². The van der Waals surface area contributed by atoms with Crippen molar-refractivity contribution < 1.29 is 19.3 Å². The molecule has 0 fully saturated rings. The number of nitrogens with two attached hydrogens (primary N) is 1. The Morgan fingerprint density at radius 1 is 1.08 bits per heavy atom. The van der Waals surface area contributed by atoms with Crippen molar-refractivity contribution in [2.24, 2.45) is 0 Å². The third kappa shape index (κ3) is 5.55. The van der Waals surface area contributed by atoms with E-state index in [1.54, 1.807) is 6.26 Å². The average Bonchev–Trinajstić information content (AvgIpc) is 3.08. The largest absolute Gasteiger partial charge is 0.463 e. The summed E-state index contributed by atoms with van der Waals surface area (Å²) in [6, 6.07) is 13.5. The SMILES string of the molecule is CC(C)NC(=O)CNC(=O)C[NH2+][C@@H](c1ccccc1)c1ccco1. The summed E-state index contributed by atoms with van der Waals surface area (Å²) >= 11 is 0. The molecule has 6 heteroatoms. The molecule has 0 unspecified atom stereocenters. The number of quaternary nitrogens is 1. The summed E-state index contributed by atoms with van der Waals surface area (Å²) in [4.78, 5) is 23.5. The molecule has 2 rings (SSSR count). The molecule has 1 aromatic heterocycles. The van der Waals surface area contributed by atoms with Gasteiger partial charge in [0.1, 0.15) is 0 Å². The van der Waals surface area contributed by atoms with Gasteiger partial charge in [-0.3, -0.25) is 9.59 Å². The van der Waals surface area contributed by atoms with Crippen molar-refractivity contribution >= 4 is 11.8 Å². The minimum atomic E-state index is -0.193. The molecule has 24 heavy (non-hydrogen) atoms. The van der Waals surface area contributed by atoms with Crippen LogP contribution in [0, 0.1) is 0 Å². The molecule has 1 atom stereocenters. The van der Waals surface area contributed by atoms with E-state index >= 15 is 0 Å². The molecule has 0 saturated carbocycles. The van der Waals surface area contributed by atoms with Crippen molar-refractivity contribution in [3.8, 4) is 0 Å². The quantitative estimate of drug-likeness (QED) is 0.661. The number of hydrogen-bond donors (Lipinski definition) is 3. The molecule has 4 N–H and O–H groups in total. The first-order valence-electron chi connectivity index (χ1n) is 8.04. The van der Waals surface area contributed by atoms with E-state index in [2.05, 4.69) is 10.6 Å². The van der Waals surface area contributed by atoms with Gasteiger partial charge in [-0.05, 0) is 26.0 Å². The molecule has 0 spiro atoms. The fraction of sp³-hybridized carbons (Fsp3) is 0.333. The number of carbonyl (C=O) groups excluding carboxylic acids is 2. The lowest BCUT2D eigenvalue weighted by molar-refractivity contribution is -0.678. The fourth-order valence-corrected chi connectivity index (χ4v) is 2.39. The number of nitrogens with one attached hydrogen (secondary N) is 2. The summed E-state index contributed by atoms with van der Waals surface area (Å²) in [7, 11) is 0. The molecule has 0 radical (unpaired) electrons. The zero-order valence-corrected chi connectivity index (χ0v) is 14.0. The first kappa shape index (κ1) is 17.7. The van der Waals surface area contributed by atoms with Gasteiger partial charge in [0.05, 0.1) is 12.8 Å². The zero-order chi connectivity index (χ0) is 17.4. The molecule has 128 valence electrons. The van der Waals surface area contributed by atoms with Crippen LogP contribution in [0.3, 0.4) is 0 Å². The molecule has 0 bridgehead atoms. The standard InChI is InChI=1S/C18H23N3O3/c1-13(2)21-17(23)12-19-16(22)11-20-18(15-9-6-10-24-15)14-7-4-3-5-8-14/h3-10,13,18,20H,11-12H2,1-2H3,(H,19,22)(H,21,23)/p+1/t18-/m0/s1. The van der Waals surface area contributed by atoms with Crippen LogP contribution >= 0.6 is 0 Å². The first-order valence-corrected chi connectivity index (χ1v) is 8.04. The zero-order valence-electron chi connectivity index (χ0n) is 14.0. The lowest BCUT2D eigenvalue weighted by atomic mass is 10.0. The predicted molar refractivity (Wildman–Crippen MR) is 90.1 cm³/mol. The predicted octanol–water partition coefficient (Wildman–Crippen LogP) is 0.573. The topological polar surface area (TPSA) is 88.0 Å². The summed E-state index contributed by atoms with van der Waals surface area (Å²) in [5.41, 5.74) is 1.05. The third-order valence-corrected chi connectivity index (χ3v) is 3.44. The number of benzene rings is 1. The molecule has 6 nitrogen and oxygen atoms in total. The first-order chi connectivity index (χ1) is 11.6. The van der Waals surface area contributed by atoms with Crippen LogP contribution in [0.1, 0.15) is 31.2 Å². The number of hydrogen-bond acceptors (Lipinski definition) is 3. The van der Waals surface area contributed by atoms with Crippen LogP contribution < -0.4 is 16.0 Å². The molecule has 2 aromatic rings. The van der Waals surface area contributed by atoms with Gasteiger partial charge in [-0.1, -0.05) is 30.3 Å². The molecule has 0 aliphatic rings. The Kier molecular flexibility index (Phi) is 6.57. The van der Waals surface area contributed by atoms with Crippen LogP contribution in [0.5, 0.6) is 0 Å². The van der Waals surface area contributed by atoms with E-state index in [1.165, 1.54) is 0 Å². The number of rotatable bonds is 8. The van der Waals surface area contributed by atoms with Crippen molar-refractivity contribution in [3.63, 3.8) is 0 Å². The van der Waals surface area contributed by atoms with Crippen molar-refractivity contribution in [2.45, 2.75) is 25.9 Å². The van der Waals surface area contributed by atoms with Crippen LogP contribution in [0.15, 0.2) is 53.1 Å². The van der Waals surface area contributed by atoms with Crippen LogP contribution in [-0.4, -0.2) is 30.9 Å². The number of carbonyl (C=O) groups is 2. The van der Waals surface area contributed by atoms with E-state index in [0.717, 1.165) is 11.3 Å². The maximum absolute atomic E-state index is 12.0. The van der Waals surface area contributed by atoms with E-state index in [1.807, 2.05) is 61.6 Å². The second-order valence-corrected chi connectivity index (χ2v) is 5.84. The van der Waals surface area contributed by atoms with Crippen LogP contribution in [0.4, 0.5) is 0 Å². The molecule has 2 amide bonds. The summed E-state index contributed by atoms with van der Waals surface area (Å²) in [5.74, 6) is 0.400. The van der Waals surface area contributed by atoms with Crippen molar-refractivity contribution in [2.75, 3.05) is 13.1 Å². The summed E-state index contributed by atoms with van der Waals surface area (Å²) < 4.78 is 5.50. The minimum absolute atomic E-state index is 0.0123. The Morgan fingerprint density at radius 2 is 1.83 bits per heavy atom. The Bertz CT molecular complexity index is 639. The molecule has 0 saturated heterocycles. The summed E-state index contributed by atoms with van der Waals surface area (Å²) in [5, 5.41) is 7.25. The van der Waals surface area contributed by atoms with Crippen LogP contribution in [-0.2, 0) is 9.59 Å². The Morgan fingerprint density at radius 3 is 2.46 bits per heavy atom. The Labute approximate surface area is 141 Å². The van der Waals surface area contributed by atoms with Gasteiger partial charge in [0.25, 0.3) is 5.91 Å². The Hall–Kier alpha value is -2.60. The van der Waals surface area contributed by atoms with Gasteiger partial charge < -0.3 is 20.4 Å². The van der Waals surface area contributed by atoms with Crippen LogP contribution in [0.2, 0.25) is 0 Å². The second kappa shape index (κ2) is 8.88. The molecule has 1 heterocycles. The van der Waals surface area contributed by atoms with Gasteiger partial charge in [0, 0.05) is 11.6 Å². The monoisotopic (exact) mass is 330 g/mol. The minimum Gasteiger partial charge on any atom is -0.463 e. The van der Waals surface area contributed by atoms with E-state index in [0.29, 0.717) is 0 Å². The van der Waals surface area contributed by atoms with Gasteiger partial charge >= 0.3 is 0 Å². The number of amides is 2. The smallest absolute Gasteiger partial charge is 0.275 e. The van der Waals surface area contributed by atoms with Gasteiger partial charge in [0.2, 0.25) is 5.91 Å². The highest BCUT2D eigenvalue weighted by molar-refractivity contribution is 5.85. The fourth-order valence-electron chi connectivity index (χ4n) is 2.39. The summed E-state index contributed by atoms with van der Waals surface area (Å²) in [6.45, 7) is 3.94. The van der Waals surface area contributed by atoms with E-state index in [-0.39, 0.29) is 37.0 Å². The molecule has 0 aliphatic heterocycles. The molecular weight excluding hydrogens is 306 g/mol. The highest BCUT2D eigenvalue weighted by atomic mass is 16.3. The summed E-state index contributed by atoms with van der Waals surface area (Å²) in [6.07, 6.45) is 1.62. The maximum Gasteiger partial charge on any atom is 0.275 e. The van der Waals surface area contributed by atoms with Crippen molar-refractivity contribution in [1.82, 2.24) is 10.6 Å². The van der Waals surface area contributed by atoms with E-state index in [9.17, 15) is 9.59 Å². The van der Waals surface area contributed by atoms with Crippen molar-refractivity contribution in [1.29, 1.82) is 0 Å². The van der Waals surface area contributed by atoms with Gasteiger partial charge in [-0.25, -0.2) is 0 Å². The molecule has 1 aromatic carbocycles. The average molecular weight is 330 g/mol. The lowest BCUT2D eigenvalue weighted by Gasteiger charge is -2.14. The molecular formula is C18H24N3O3+. The highest BCUT2D eigenvalue weighted by Gasteiger charge is 2.21. The third-order valence-electron chi connectivity index (χ3n) is 3.44. The van der Waals surface area contributed by atoms with E-state index < -0.39 is 0 Å².